The van der Waals surface area contributed by atoms with Gasteiger partial charge in [0.2, 0.25) is 5.91 Å². The maximum Gasteiger partial charge on any atom is 0.253 e. The molecule has 168 valence electrons. The summed E-state index contributed by atoms with van der Waals surface area (Å²) in [5.74, 6) is 0.878. The second kappa shape index (κ2) is 10.7. The summed E-state index contributed by atoms with van der Waals surface area (Å²) < 4.78 is 6.84. The van der Waals surface area contributed by atoms with Crippen LogP contribution in [0.1, 0.15) is 29.1 Å². The molecule has 0 aliphatic carbocycles. The van der Waals surface area contributed by atoms with Crippen molar-refractivity contribution in [1.29, 1.82) is 0 Å². The van der Waals surface area contributed by atoms with Crippen LogP contribution in [0.5, 0.6) is 5.75 Å². The number of thioether (sulfide) groups is 1. The number of aromatic nitrogens is 3. The van der Waals surface area contributed by atoms with E-state index in [-0.39, 0.29) is 22.6 Å². The molecule has 0 fully saturated rings. The van der Waals surface area contributed by atoms with Gasteiger partial charge in [0.25, 0.3) is 5.91 Å². The van der Waals surface area contributed by atoms with Crippen LogP contribution >= 0.6 is 35.0 Å². The minimum absolute atomic E-state index is 0.152. The van der Waals surface area contributed by atoms with Crippen LogP contribution in [0.3, 0.4) is 0 Å². The summed E-state index contributed by atoms with van der Waals surface area (Å²) in [7, 11) is 3.36. The zero-order chi connectivity index (χ0) is 23.3. The van der Waals surface area contributed by atoms with Gasteiger partial charge in [-0.1, -0.05) is 35.0 Å². The Morgan fingerprint density at radius 3 is 2.53 bits per heavy atom. The van der Waals surface area contributed by atoms with Gasteiger partial charge in [-0.25, -0.2) is 0 Å². The van der Waals surface area contributed by atoms with Crippen LogP contribution in [0.4, 0.5) is 5.69 Å². The van der Waals surface area contributed by atoms with Gasteiger partial charge in [-0.3, -0.25) is 9.59 Å². The second-order valence-electron chi connectivity index (χ2n) is 6.78. The fourth-order valence-electron chi connectivity index (χ4n) is 2.84. The maximum atomic E-state index is 12.5. The summed E-state index contributed by atoms with van der Waals surface area (Å²) in [5.41, 5.74) is 0.988. The van der Waals surface area contributed by atoms with Crippen LogP contribution in [0, 0.1) is 0 Å². The number of amides is 2. The van der Waals surface area contributed by atoms with Crippen molar-refractivity contribution in [3.05, 3.63) is 63.9 Å². The van der Waals surface area contributed by atoms with E-state index in [0.29, 0.717) is 33.0 Å². The van der Waals surface area contributed by atoms with E-state index in [1.54, 1.807) is 62.0 Å². The lowest BCUT2D eigenvalue weighted by Gasteiger charge is -2.14. The van der Waals surface area contributed by atoms with Crippen LogP contribution in [0.15, 0.2) is 47.6 Å². The molecule has 0 aliphatic rings. The normalized spacial score (nSPS) is 11.7. The zero-order valence-electron chi connectivity index (χ0n) is 17.6. The molecule has 0 bridgehead atoms. The summed E-state index contributed by atoms with van der Waals surface area (Å²) in [6.07, 6.45) is 0. The number of carbonyl (C=O) groups excluding carboxylic acids is 2. The number of nitrogens with one attached hydrogen (secondary N) is 2. The van der Waals surface area contributed by atoms with Gasteiger partial charge in [0, 0.05) is 17.8 Å². The van der Waals surface area contributed by atoms with Crippen molar-refractivity contribution in [1.82, 2.24) is 20.1 Å². The molecule has 1 atom stereocenters. The van der Waals surface area contributed by atoms with Gasteiger partial charge in [0.05, 0.1) is 29.5 Å². The molecule has 2 amide bonds. The Balaban J connectivity index is 1.57. The SMILES string of the molecule is COc1ccc(NC(=O)CSc2nnc([C@@H](C)NC(=O)c3ccc(Cl)cc3Cl)n2C)cc1. The molecule has 2 N–H and O–H groups in total. The molecule has 32 heavy (non-hydrogen) atoms. The zero-order valence-corrected chi connectivity index (χ0v) is 19.9. The van der Waals surface area contributed by atoms with Crippen molar-refractivity contribution >= 4 is 52.5 Å². The van der Waals surface area contributed by atoms with Crippen LogP contribution in [0.25, 0.3) is 0 Å². The number of rotatable bonds is 8. The summed E-state index contributed by atoms with van der Waals surface area (Å²) in [6.45, 7) is 1.79. The van der Waals surface area contributed by atoms with Gasteiger partial charge in [0.1, 0.15) is 5.75 Å². The Bertz CT molecular complexity index is 1120. The van der Waals surface area contributed by atoms with E-state index in [0.717, 1.165) is 0 Å². The Morgan fingerprint density at radius 2 is 1.88 bits per heavy atom. The summed E-state index contributed by atoms with van der Waals surface area (Å²) in [4.78, 5) is 24.8. The lowest BCUT2D eigenvalue weighted by Crippen LogP contribution is -2.28. The number of ether oxygens (including phenoxy) is 1. The summed E-state index contributed by atoms with van der Waals surface area (Å²) in [5, 5.41) is 15.2. The Kier molecular flexibility index (Phi) is 8.00. The van der Waals surface area contributed by atoms with Crippen LogP contribution < -0.4 is 15.4 Å². The van der Waals surface area contributed by atoms with E-state index in [2.05, 4.69) is 20.8 Å². The second-order valence-corrected chi connectivity index (χ2v) is 8.57. The van der Waals surface area contributed by atoms with Gasteiger partial charge in [-0.15, -0.1) is 10.2 Å². The van der Waals surface area contributed by atoms with Gasteiger partial charge >= 0.3 is 0 Å². The first kappa shape index (κ1) is 23.9. The summed E-state index contributed by atoms with van der Waals surface area (Å²) in [6, 6.07) is 11.3. The third-order valence-electron chi connectivity index (χ3n) is 4.49. The molecule has 8 nitrogen and oxygen atoms in total. The Hall–Kier alpha value is -2.75. The van der Waals surface area contributed by atoms with E-state index in [4.69, 9.17) is 27.9 Å². The van der Waals surface area contributed by atoms with Crippen molar-refractivity contribution in [2.75, 3.05) is 18.2 Å². The van der Waals surface area contributed by atoms with Crippen LogP contribution in [-0.2, 0) is 11.8 Å². The third-order valence-corrected chi connectivity index (χ3v) is 6.05. The van der Waals surface area contributed by atoms with Crippen LogP contribution in [0.2, 0.25) is 10.0 Å². The minimum atomic E-state index is -0.436. The molecule has 0 saturated heterocycles. The topological polar surface area (TPSA) is 98.1 Å². The van der Waals surface area contributed by atoms with E-state index in [1.165, 1.54) is 17.8 Å². The number of benzene rings is 2. The third kappa shape index (κ3) is 5.93. The lowest BCUT2D eigenvalue weighted by atomic mass is 10.2. The average molecular weight is 494 g/mol. The molecule has 2 aromatic carbocycles. The highest BCUT2D eigenvalue weighted by atomic mass is 35.5. The quantitative estimate of drug-likeness (QED) is 0.452. The molecule has 0 unspecified atom stereocenters. The van der Waals surface area contributed by atoms with Gasteiger partial charge in [-0.2, -0.15) is 0 Å². The molecule has 0 saturated carbocycles. The van der Waals surface area contributed by atoms with Crippen molar-refractivity contribution in [3.8, 4) is 5.75 Å². The fraction of sp³-hybridized carbons (Fsp3) is 0.238. The standard InChI is InChI=1S/C21H21Cl2N5O3S/c1-12(24-20(30)16-9-4-13(22)10-17(16)23)19-26-27-21(28(19)2)32-11-18(29)25-14-5-7-15(31-3)8-6-14/h4-10,12H,11H2,1-3H3,(H,24,30)(H,25,29)/t12-/m1/s1. The molecule has 0 aliphatic heterocycles. The maximum absolute atomic E-state index is 12.5. The first-order valence-electron chi connectivity index (χ1n) is 9.50. The first-order valence-corrected chi connectivity index (χ1v) is 11.2. The first-order chi connectivity index (χ1) is 15.3. The largest absolute Gasteiger partial charge is 0.497 e. The van der Waals surface area contributed by atoms with Crippen molar-refractivity contribution in [3.63, 3.8) is 0 Å². The number of nitrogens with zero attached hydrogens (tertiary/aromatic N) is 3. The number of carbonyl (C=O) groups is 2. The van der Waals surface area contributed by atoms with Crippen molar-refractivity contribution < 1.29 is 14.3 Å². The number of hydrogen-bond donors (Lipinski definition) is 2. The molecule has 3 aromatic rings. The number of hydrogen-bond acceptors (Lipinski definition) is 6. The molecular formula is C21H21Cl2N5O3S. The number of halogens is 2. The van der Waals surface area contributed by atoms with Crippen LogP contribution in [-0.4, -0.2) is 39.4 Å². The van der Waals surface area contributed by atoms with E-state index in [1.807, 2.05) is 0 Å². The summed E-state index contributed by atoms with van der Waals surface area (Å²) >= 11 is 13.2. The van der Waals surface area contributed by atoms with E-state index >= 15 is 0 Å². The van der Waals surface area contributed by atoms with Crippen molar-refractivity contribution in [2.45, 2.75) is 18.1 Å². The molecular weight excluding hydrogens is 473 g/mol. The highest BCUT2D eigenvalue weighted by Gasteiger charge is 2.20. The minimum Gasteiger partial charge on any atom is -0.497 e. The van der Waals surface area contributed by atoms with E-state index in [9.17, 15) is 9.59 Å². The predicted molar refractivity (Wildman–Crippen MR) is 126 cm³/mol. The highest BCUT2D eigenvalue weighted by molar-refractivity contribution is 7.99. The van der Waals surface area contributed by atoms with E-state index < -0.39 is 6.04 Å². The molecule has 0 spiro atoms. The molecule has 0 radical (unpaired) electrons. The number of anilines is 1. The van der Waals surface area contributed by atoms with Gasteiger partial charge in [-0.05, 0) is 49.4 Å². The average Bonchev–Trinajstić information content (AvgIpc) is 3.13. The molecule has 11 heteroatoms. The molecule has 1 aromatic heterocycles. The predicted octanol–water partition coefficient (Wildman–Crippen LogP) is 4.35. The lowest BCUT2D eigenvalue weighted by molar-refractivity contribution is -0.113. The van der Waals surface area contributed by atoms with Gasteiger partial charge < -0.3 is 19.9 Å². The molecule has 1 heterocycles. The molecule has 3 rings (SSSR count). The van der Waals surface area contributed by atoms with Crippen molar-refractivity contribution in [2.24, 2.45) is 7.05 Å². The fourth-order valence-corrected chi connectivity index (χ4v) is 4.06. The monoisotopic (exact) mass is 493 g/mol. The highest BCUT2D eigenvalue weighted by Crippen LogP contribution is 2.23. The Labute approximate surface area is 199 Å². The number of methoxy groups -OCH3 is 1. The Morgan fingerprint density at radius 1 is 1.16 bits per heavy atom. The smallest absolute Gasteiger partial charge is 0.253 e. The van der Waals surface area contributed by atoms with Gasteiger partial charge in [0.15, 0.2) is 11.0 Å².